The highest BCUT2D eigenvalue weighted by Gasteiger charge is 2.14. The molecule has 24 heavy (non-hydrogen) atoms. The second-order valence-electron chi connectivity index (χ2n) is 4.81. The van der Waals surface area contributed by atoms with Crippen molar-refractivity contribution in [1.82, 2.24) is 15.3 Å². The number of non-ortho nitro benzene ring substituents is 1. The third-order valence-corrected chi connectivity index (χ3v) is 4.01. The molecule has 1 amide bonds. The molecule has 0 aliphatic rings. The van der Waals surface area contributed by atoms with Crippen LogP contribution in [0, 0.1) is 10.1 Å². The van der Waals surface area contributed by atoms with Gasteiger partial charge in [-0.05, 0) is 25.1 Å². The van der Waals surface area contributed by atoms with E-state index in [9.17, 15) is 14.9 Å². The zero-order valence-corrected chi connectivity index (χ0v) is 13.8. The average Bonchev–Trinajstić information content (AvgIpc) is 2.59. The first-order chi connectivity index (χ1) is 11.6. The number of nitro benzene ring substituents is 1. The molecule has 0 bridgehead atoms. The van der Waals surface area contributed by atoms with Gasteiger partial charge in [-0.25, -0.2) is 9.97 Å². The van der Waals surface area contributed by atoms with E-state index in [2.05, 4.69) is 20.6 Å². The number of benzene rings is 1. The highest BCUT2D eigenvalue weighted by Crippen LogP contribution is 2.18. The van der Waals surface area contributed by atoms with Gasteiger partial charge < -0.3 is 10.6 Å². The minimum atomic E-state index is -0.445. The largest absolute Gasteiger partial charge is 0.383 e. The molecular formula is C15H17N5O3S. The van der Waals surface area contributed by atoms with E-state index in [1.807, 2.05) is 0 Å². The molecule has 2 aromatic rings. The van der Waals surface area contributed by atoms with Gasteiger partial charge in [-0.3, -0.25) is 14.9 Å². The SMILES string of the molecule is C[C@H](Sc1ncccn1)C(=O)NCCNc1ccc([N+](=O)[O-])cc1. The lowest BCUT2D eigenvalue weighted by Crippen LogP contribution is -2.34. The molecule has 0 spiro atoms. The van der Waals surface area contributed by atoms with Gasteiger partial charge in [-0.1, -0.05) is 11.8 Å². The number of anilines is 1. The maximum Gasteiger partial charge on any atom is 0.269 e. The Kier molecular flexibility index (Phi) is 6.50. The van der Waals surface area contributed by atoms with E-state index >= 15 is 0 Å². The van der Waals surface area contributed by atoms with E-state index in [0.717, 1.165) is 5.69 Å². The number of nitrogens with one attached hydrogen (secondary N) is 2. The van der Waals surface area contributed by atoms with Crippen molar-refractivity contribution in [3.8, 4) is 0 Å². The molecule has 1 heterocycles. The summed E-state index contributed by atoms with van der Waals surface area (Å²) in [6, 6.07) is 7.84. The number of nitrogens with zero attached hydrogens (tertiary/aromatic N) is 3. The van der Waals surface area contributed by atoms with Crippen molar-refractivity contribution in [3.05, 3.63) is 52.8 Å². The van der Waals surface area contributed by atoms with Crippen molar-refractivity contribution >= 4 is 29.0 Å². The first-order valence-corrected chi connectivity index (χ1v) is 8.14. The summed E-state index contributed by atoms with van der Waals surface area (Å²) in [5.41, 5.74) is 0.804. The van der Waals surface area contributed by atoms with Gasteiger partial charge in [-0.15, -0.1) is 0 Å². The Labute approximate surface area is 143 Å². The molecule has 0 aliphatic heterocycles. The lowest BCUT2D eigenvalue weighted by Gasteiger charge is -2.11. The van der Waals surface area contributed by atoms with Gasteiger partial charge in [0.1, 0.15) is 0 Å². The van der Waals surface area contributed by atoms with Crippen LogP contribution < -0.4 is 10.6 Å². The van der Waals surface area contributed by atoms with Gasteiger partial charge >= 0.3 is 0 Å². The van der Waals surface area contributed by atoms with E-state index in [-0.39, 0.29) is 16.8 Å². The summed E-state index contributed by atoms with van der Waals surface area (Å²) < 4.78 is 0. The Hall–Kier alpha value is -2.68. The van der Waals surface area contributed by atoms with Crippen molar-refractivity contribution in [2.45, 2.75) is 17.3 Å². The molecule has 126 valence electrons. The van der Waals surface area contributed by atoms with Gasteiger partial charge in [0.05, 0.1) is 10.2 Å². The van der Waals surface area contributed by atoms with E-state index in [1.54, 1.807) is 37.5 Å². The van der Waals surface area contributed by atoms with E-state index in [0.29, 0.717) is 18.2 Å². The zero-order valence-electron chi connectivity index (χ0n) is 13.0. The zero-order chi connectivity index (χ0) is 17.4. The summed E-state index contributed by atoms with van der Waals surface area (Å²) in [6.07, 6.45) is 3.27. The number of rotatable bonds is 8. The van der Waals surface area contributed by atoms with Gasteiger partial charge in [0.2, 0.25) is 5.91 Å². The van der Waals surface area contributed by atoms with Crippen LogP contribution in [0.1, 0.15) is 6.92 Å². The number of nitro groups is 1. The predicted octanol–water partition coefficient (Wildman–Crippen LogP) is 2.09. The summed E-state index contributed by atoms with van der Waals surface area (Å²) >= 11 is 1.29. The van der Waals surface area contributed by atoms with Crippen LogP contribution in [0.15, 0.2) is 47.9 Å². The molecule has 0 unspecified atom stereocenters. The molecule has 1 aromatic heterocycles. The summed E-state index contributed by atoms with van der Waals surface area (Å²) in [5, 5.41) is 16.7. The molecule has 1 aromatic carbocycles. The highest BCUT2D eigenvalue weighted by atomic mass is 32.2. The molecule has 0 saturated heterocycles. The minimum absolute atomic E-state index is 0.0443. The van der Waals surface area contributed by atoms with E-state index < -0.39 is 4.92 Å². The number of amides is 1. The molecule has 1 atom stereocenters. The first kappa shape index (κ1) is 17.7. The molecule has 9 heteroatoms. The molecule has 0 fully saturated rings. The fourth-order valence-electron chi connectivity index (χ4n) is 1.80. The van der Waals surface area contributed by atoms with Gasteiger partial charge in [0.15, 0.2) is 5.16 Å². The second kappa shape index (κ2) is 8.82. The highest BCUT2D eigenvalue weighted by molar-refractivity contribution is 8.00. The van der Waals surface area contributed by atoms with Gasteiger partial charge in [0, 0.05) is 43.3 Å². The van der Waals surface area contributed by atoms with E-state index in [1.165, 1.54) is 23.9 Å². The van der Waals surface area contributed by atoms with Crippen LogP contribution in [0.5, 0.6) is 0 Å². The maximum atomic E-state index is 12.0. The molecule has 2 rings (SSSR count). The molecule has 8 nitrogen and oxygen atoms in total. The smallest absolute Gasteiger partial charge is 0.269 e. The van der Waals surface area contributed by atoms with Crippen LogP contribution in [0.3, 0.4) is 0 Å². The van der Waals surface area contributed by atoms with Crippen LogP contribution in [-0.2, 0) is 4.79 Å². The Morgan fingerprint density at radius 1 is 1.25 bits per heavy atom. The summed E-state index contributed by atoms with van der Waals surface area (Å²) in [6.45, 7) is 2.75. The van der Waals surface area contributed by atoms with Crippen molar-refractivity contribution in [1.29, 1.82) is 0 Å². The number of hydrogen-bond acceptors (Lipinski definition) is 7. The Balaban J connectivity index is 1.69. The molecule has 0 saturated carbocycles. The standard InChI is InChI=1S/C15H17N5O3S/c1-11(24-15-18-7-2-8-19-15)14(21)17-10-9-16-12-3-5-13(6-4-12)20(22)23/h2-8,11,16H,9-10H2,1H3,(H,17,21)/t11-/m0/s1. The van der Waals surface area contributed by atoms with Crippen LogP contribution >= 0.6 is 11.8 Å². The minimum Gasteiger partial charge on any atom is -0.383 e. The van der Waals surface area contributed by atoms with Crippen LogP contribution in [0.25, 0.3) is 0 Å². The summed E-state index contributed by atoms with van der Waals surface area (Å²) in [7, 11) is 0. The quantitative estimate of drug-likeness (QED) is 0.247. The van der Waals surface area contributed by atoms with Crippen molar-refractivity contribution in [2.24, 2.45) is 0 Å². The van der Waals surface area contributed by atoms with Crippen molar-refractivity contribution < 1.29 is 9.72 Å². The normalized spacial score (nSPS) is 11.5. The first-order valence-electron chi connectivity index (χ1n) is 7.26. The lowest BCUT2D eigenvalue weighted by molar-refractivity contribution is -0.384. The summed E-state index contributed by atoms with van der Waals surface area (Å²) in [5.74, 6) is -0.0991. The van der Waals surface area contributed by atoms with Crippen LogP contribution in [-0.4, -0.2) is 39.1 Å². The number of thioether (sulfide) groups is 1. The average molecular weight is 347 g/mol. The Morgan fingerprint density at radius 2 is 1.92 bits per heavy atom. The third kappa shape index (κ3) is 5.51. The number of carbonyl (C=O) groups is 1. The molecular weight excluding hydrogens is 330 g/mol. The Bertz CT molecular complexity index is 681. The second-order valence-corrected chi connectivity index (χ2v) is 6.12. The van der Waals surface area contributed by atoms with Crippen LogP contribution in [0.2, 0.25) is 0 Å². The topological polar surface area (TPSA) is 110 Å². The number of carbonyl (C=O) groups excluding carboxylic acids is 1. The summed E-state index contributed by atoms with van der Waals surface area (Å²) in [4.78, 5) is 30.2. The van der Waals surface area contributed by atoms with Gasteiger partial charge in [0.25, 0.3) is 5.69 Å². The molecule has 0 aliphatic carbocycles. The fraction of sp³-hybridized carbons (Fsp3) is 0.267. The maximum absolute atomic E-state index is 12.0. The van der Waals surface area contributed by atoms with Crippen molar-refractivity contribution in [3.63, 3.8) is 0 Å². The van der Waals surface area contributed by atoms with Gasteiger partial charge in [-0.2, -0.15) is 0 Å². The Morgan fingerprint density at radius 3 is 2.54 bits per heavy atom. The molecule has 2 N–H and O–H groups in total. The number of hydrogen-bond donors (Lipinski definition) is 2. The fourth-order valence-corrected chi connectivity index (χ4v) is 2.55. The number of aromatic nitrogens is 2. The van der Waals surface area contributed by atoms with Crippen molar-refractivity contribution in [2.75, 3.05) is 18.4 Å². The monoisotopic (exact) mass is 347 g/mol. The predicted molar refractivity (Wildman–Crippen MR) is 91.9 cm³/mol. The third-order valence-electron chi connectivity index (χ3n) is 3.02. The molecule has 0 radical (unpaired) electrons. The van der Waals surface area contributed by atoms with Crippen LogP contribution in [0.4, 0.5) is 11.4 Å². The van der Waals surface area contributed by atoms with E-state index in [4.69, 9.17) is 0 Å². The lowest BCUT2D eigenvalue weighted by atomic mass is 10.3.